The minimum atomic E-state index is -1.07. The molecular formula is C9H6ClN3O3. The molecule has 0 aliphatic carbocycles. The third-order valence-corrected chi connectivity index (χ3v) is 2.27. The van der Waals surface area contributed by atoms with E-state index in [4.69, 9.17) is 16.7 Å². The topological polar surface area (TPSA) is 84.0 Å². The summed E-state index contributed by atoms with van der Waals surface area (Å²) >= 11 is 5.75. The Morgan fingerprint density at radius 2 is 2.38 bits per heavy atom. The van der Waals surface area contributed by atoms with E-state index in [0.717, 1.165) is 0 Å². The molecule has 2 heterocycles. The molecule has 6 nitrogen and oxygen atoms in total. The molecule has 0 saturated carbocycles. The lowest BCUT2D eigenvalue weighted by molar-refractivity contribution is -0.136. The maximum Gasteiger partial charge on any atom is 0.309 e. The van der Waals surface area contributed by atoms with E-state index in [0.29, 0.717) is 10.7 Å². The van der Waals surface area contributed by atoms with Crippen LogP contribution in [-0.2, 0) is 11.2 Å². The molecule has 0 fully saturated rings. The smallest absolute Gasteiger partial charge is 0.309 e. The van der Waals surface area contributed by atoms with Crippen LogP contribution in [-0.4, -0.2) is 20.5 Å². The molecule has 0 saturated heterocycles. The van der Waals surface area contributed by atoms with Crippen LogP contribution in [0.1, 0.15) is 5.69 Å². The Morgan fingerprint density at radius 1 is 1.62 bits per heavy atom. The third kappa shape index (κ3) is 1.74. The molecule has 7 heteroatoms. The zero-order valence-electron chi connectivity index (χ0n) is 7.92. The molecular weight excluding hydrogens is 234 g/mol. The number of hydrogen-bond donors (Lipinski definition) is 1. The molecule has 2 aromatic rings. The van der Waals surface area contributed by atoms with E-state index < -0.39 is 5.97 Å². The number of carbonyl (C=O) groups is 1. The Balaban J connectivity index is 2.65. The molecule has 2 rings (SSSR count). The van der Waals surface area contributed by atoms with Gasteiger partial charge in [0.05, 0.1) is 6.42 Å². The first kappa shape index (κ1) is 10.6. The van der Waals surface area contributed by atoms with Gasteiger partial charge in [0, 0.05) is 17.3 Å². The first-order chi connectivity index (χ1) is 7.61. The number of hydrogen-bond acceptors (Lipinski definition) is 4. The molecule has 0 radical (unpaired) electrons. The van der Waals surface area contributed by atoms with Crippen molar-refractivity contribution in [2.45, 2.75) is 6.42 Å². The number of rotatable bonds is 3. The minimum Gasteiger partial charge on any atom is -0.481 e. The highest BCUT2D eigenvalue weighted by Crippen LogP contribution is 2.23. The van der Waals surface area contributed by atoms with Crippen molar-refractivity contribution < 1.29 is 9.90 Å². The summed E-state index contributed by atoms with van der Waals surface area (Å²) < 4.78 is 1.40. The summed E-state index contributed by atoms with van der Waals surface area (Å²) in [5, 5.41) is 11.9. The average Bonchev–Trinajstić information content (AvgIpc) is 2.52. The lowest BCUT2D eigenvalue weighted by Gasteiger charge is -1.94. The van der Waals surface area contributed by atoms with Gasteiger partial charge < -0.3 is 5.11 Å². The van der Waals surface area contributed by atoms with Gasteiger partial charge in [-0.2, -0.15) is 0 Å². The van der Waals surface area contributed by atoms with E-state index in [-0.39, 0.29) is 17.9 Å². The van der Waals surface area contributed by atoms with E-state index in [1.807, 2.05) is 0 Å². The SMILES string of the molecule is O=Nc1c(CC(=O)O)nc2cc(Cl)ccn12. The molecule has 16 heavy (non-hydrogen) atoms. The summed E-state index contributed by atoms with van der Waals surface area (Å²) in [4.78, 5) is 25.2. The lowest BCUT2D eigenvalue weighted by atomic mass is 10.3. The number of carboxylic acids is 1. The van der Waals surface area contributed by atoms with Crippen molar-refractivity contribution in [1.82, 2.24) is 9.38 Å². The van der Waals surface area contributed by atoms with Gasteiger partial charge in [-0.3, -0.25) is 9.20 Å². The summed E-state index contributed by atoms with van der Waals surface area (Å²) in [6.07, 6.45) is 1.17. The minimum absolute atomic E-state index is 0.00549. The van der Waals surface area contributed by atoms with Gasteiger partial charge in [-0.25, -0.2) is 4.98 Å². The summed E-state index contributed by atoms with van der Waals surface area (Å²) in [6.45, 7) is 0. The van der Waals surface area contributed by atoms with Gasteiger partial charge in [0.25, 0.3) is 0 Å². The van der Waals surface area contributed by atoms with Gasteiger partial charge in [0.2, 0.25) is 5.82 Å². The van der Waals surface area contributed by atoms with E-state index in [1.54, 1.807) is 6.07 Å². The molecule has 0 spiro atoms. The molecule has 0 aliphatic heterocycles. The molecule has 82 valence electrons. The van der Waals surface area contributed by atoms with Crippen molar-refractivity contribution >= 4 is 29.0 Å². The summed E-state index contributed by atoms with van der Waals surface area (Å²) in [6, 6.07) is 3.09. The van der Waals surface area contributed by atoms with Crippen molar-refractivity contribution in [3.05, 3.63) is 34.0 Å². The van der Waals surface area contributed by atoms with Crippen LogP contribution in [0.25, 0.3) is 5.65 Å². The van der Waals surface area contributed by atoms with Crippen molar-refractivity contribution in [1.29, 1.82) is 0 Å². The maximum absolute atomic E-state index is 10.6. The van der Waals surface area contributed by atoms with Crippen LogP contribution >= 0.6 is 11.6 Å². The van der Waals surface area contributed by atoms with Gasteiger partial charge in [-0.15, -0.1) is 4.91 Å². The van der Waals surface area contributed by atoms with Crippen molar-refractivity contribution in [2.24, 2.45) is 5.18 Å². The number of fused-ring (bicyclic) bond motifs is 1. The number of nitrogens with zero attached hydrogens (tertiary/aromatic N) is 3. The van der Waals surface area contributed by atoms with E-state index in [2.05, 4.69) is 10.2 Å². The zero-order chi connectivity index (χ0) is 11.7. The quantitative estimate of drug-likeness (QED) is 0.831. The number of pyridine rings is 1. The van der Waals surface area contributed by atoms with Crippen LogP contribution in [0.3, 0.4) is 0 Å². The highest BCUT2D eigenvalue weighted by molar-refractivity contribution is 6.30. The molecule has 0 amide bonds. The van der Waals surface area contributed by atoms with E-state index in [9.17, 15) is 9.70 Å². The zero-order valence-corrected chi connectivity index (χ0v) is 8.68. The highest BCUT2D eigenvalue weighted by atomic mass is 35.5. The molecule has 2 aromatic heterocycles. The van der Waals surface area contributed by atoms with Gasteiger partial charge in [-0.05, 0) is 11.2 Å². The van der Waals surface area contributed by atoms with Crippen molar-refractivity contribution in [2.75, 3.05) is 0 Å². The summed E-state index contributed by atoms with van der Waals surface area (Å²) in [5.41, 5.74) is 0.531. The molecule has 0 aliphatic rings. The van der Waals surface area contributed by atoms with E-state index >= 15 is 0 Å². The Labute approximate surface area is 94.5 Å². The van der Waals surface area contributed by atoms with Crippen LogP contribution in [0, 0.1) is 4.91 Å². The fraction of sp³-hybridized carbons (Fsp3) is 0.111. The van der Waals surface area contributed by atoms with Crippen molar-refractivity contribution in [3.8, 4) is 0 Å². The van der Waals surface area contributed by atoms with Gasteiger partial charge >= 0.3 is 5.97 Å². The van der Waals surface area contributed by atoms with Crippen LogP contribution in [0.15, 0.2) is 23.5 Å². The van der Waals surface area contributed by atoms with Gasteiger partial charge in [-0.1, -0.05) is 11.6 Å². The molecule has 0 aromatic carbocycles. The fourth-order valence-corrected chi connectivity index (χ4v) is 1.57. The molecule has 0 atom stereocenters. The van der Waals surface area contributed by atoms with Crippen LogP contribution in [0.4, 0.5) is 5.82 Å². The van der Waals surface area contributed by atoms with Crippen LogP contribution in [0.2, 0.25) is 5.02 Å². The predicted octanol–water partition coefficient (Wildman–Crippen LogP) is 2.01. The average molecular weight is 240 g/mol. The Morgan fingerprint density at radius 3 is 3.00 bits per heavy atom. The number of imidazole rings is 1. The second kappa shape index (κ2) is 3.90. The molecule has 0 bridgehead atoms. The first-order valence-corrected chi connectivity index (χ1v) is 4.71. The van der Waals surface area contributed by atoms with Crippen LogP contribution < -0.4 is 0 Å². The normalized spacial score (nSPS) is 10.6. The summed E-state index contributed by atoms with van der Waals surface area (Å²) in [5.74, 6) is -1.08. The fourth-order valence-electron chi connectivity index (χ4n) is 1.41. The van der Waals surface area contributed by atoms with Crippen LogP contribution in [0.5, 0.6) is 0 Å². The largest absolute Gasteiger partial charge is 0.481 e. The predicted molar refractivity (Wildman–Crippen MR) is 57.0 cm³/mol. The summed E-state index contributed by atoms with van der Waals surface area (Å²) in [7, 11) is 0. The molecule has 1 N–H and O–H groups in total. The number of carboxylic acid groups (broad SMARTS) is 1. The first-order valence-electron chi connectivity index (χ1n) is 4.33. The lowest BCUT2D eigenvalue weighted by Crippen LogP contribution is -2.00. The molecule has 0 unspecified atom stereocenters. The van der Waals surface area contributed by atoms with Crippen molar-refractivity contribution in [3.63, 3.8) is 0 Å². The van der Waals surface area contributed by atoms with Gasteiger partial charge in [0.15, 0.2) is 0 Å². The number of nitroso groups, excluding NO2 is 1. The number of halogens is 1. The third-order valence-electron chi connectivity index (χ3n) is 2.04. The maximum atomic E-state index is 10.6. The number of aromatic nitrogens is 2. The Hall–Kier alpha value is -1.95. The Kier molecular flexibility index (Phi) is 2.57. The second-order valence-corrected chi connectivity index (χ2v) is 3.55. The Bertz CT molecular complexity index is 579. The van der Waals surface area contributed by atoms with E-state index in [1.165, 1.54) is 16.7 Å². The monoisotopic (exact) mass is 239 g/mol. The van der Waals surface area contributed by atoms with Gasteiger partial charge in [0.1, 0.15) is 11.3 Å². The second-order valence-electron chi connectivity index (χ2n) is 3.12. The standard InChI is InChI=1S/C9H6ClN3O3/c10-5-1-2-13-7(3-5)11-6(4-8(14)15)9(13)12-16/h1-3H,4H2,(H,14,15). The number of aliphatic carboxylic acids is 1. The highest BCUT2D eigenvalue weighted by Gasteiger charge is 2.15.